The number of hydrogen-bond acceptors (Lipinski definition) is 7. The molecule has 9 heteroatoms. The van der Waals surface area contributed by atoms with Gasteiger partial charge >= 0.3 is 0 Å². The van der Waals surface area contributed by atoms with Gasteiger partial charge in [-0.25, -0.2) is 4.98 Å². The van der Waals surface area contributed by atoms with Crippen LogP contribution in [0.15, 0.2) is 52.8 Å². The lowest BCUT2D eigenvalue weighted by Crippen LogP contribution is -2.23. The van der Waals surface area contributed by atoms with Gasteiger partial charge in [0.05, 0.1) is 23.7 Å². The van der Waals surface area contributed by atoms with Gasteiger partial charge in [0.25, 0.3) is 0 Å². The Morgan fingerprint density at radius 3 is 2.97 bits per heavy atom. The zero-order chi connectivity index (χ0) is 23.7. The van der Waals surface area contributed by atoms with E-state index in [-0.39, 0.29) is 11.9 Å². The molecule has 176 valence electrons. The molecule has 2 atom stereocenters. The van der Waals surface area contributed by atoms with Gasteiger partial charge in [-0.3, -0.25) is 9.79 Å². The van der Waals surface area contributed by atoms with Crippen molar-refractivity contribution in [2.24, 2.45) is 4.99 Å². The summed E-state index contributed by atoms with van der Waals surface area (Å²) in [6, 6.07) is 5.96. The maximum Gasteiger partial charge on any atom is 0.228 e. The molecule has 1 amide bonds. The van der Waals surface area contributed by atoms with Gasteiger partial charge in [-0.15, -0.1) is 11.8 Å². The highest BCUT2D eigenvalue weighted by Gasteiger charge is 2.26. The van der Waals surface area contributed by atoms with E-state index in [4.69, 9.17) is 11.6 Å². The number of aryl methyl sites for hydroxylation is 1. The molecule has 34 heavy (non-hydrogen) atoms. The molecule has 0 saturated heterocycles. The third kappa shape index (κ3) is 5.28. The van der Waals surface area contributed by atoms with Crippen LogP contribution in [0.2, 0.25) is 5.02 Å². The number of amides is 1. The predicted octanol–water partition coefficient (Wildman–Crippen LogP) is 6.09. The molecule has 2 aliphatic heterocycles. The van der Waals surface area contributed by atoms with Crippen molar-refractivity contribution in [1.29, 1.82) is 0 Å². The van der Waals surface area contributed by atoms with Gasteiger partial charge in [-0.1, -0.05) is 24.6 Å². The normalized spacial score (nSPS) is 21.4. The number of rotatable bonds is 3. The van der Waals surface area contributed by atoms with Crippen molar-refractivity contribution in [1.82, 2.24) is 9.97 Å². The fourth-order valence-corrected chi connectivity index (χ4v) is 5.62. The van der Waals surface area contributed by atoms with Crippen molar-refractivity contribution < 1.29 is 4.79 Å². The van der Waals surface area contributed by atoms with Crippen LogP contribution in [-0.2, 0) is 11.2 Å². The quantitative estimate of drug-likeness (QED) is 0.478. The highest BCUT2D eigenvalue weighted by molar-refractivity contribution is 8.14. The van der Waals surface area contributed by atoms with Gasteiger partial charge in [-0.05, 0) is 68.0 Å². The van der Waals surface area contributed by atoms with Crippen molar-refractivity contribution in [2.75, 3.05) is 16.0 Å². The molecule has 1 aromatic carbocycles. The summed E-state index contributed by atoms with van der Waals surface area (Å²) in [5.41, 5.74) is 5.10. The lowest BCUT2D eigenvalue weighted by atomic mass is 9.97. The van der Waals surface area contributed by atoms with Crippen LogP contribution >= 0.6 is 23.4 Å². The molecular weight excluding hydrogens is 468 g/mol. The molecule has 0 radical (unpaired) electrons. The third-order valence-electron chi connectivity index (χ3n) is 6.16. The summed E-state index contributed by atoms with van der Waals surface area (Å²) in [5, 5.41) is 11.6. The predicted molar refractivity (Wildman–Crippen MR) is 141 cm³/mol. The number of hydrogen-bond donors (Lipinski definition) is 3. The maximum atomic E-state index is 12.9. The first kappa shape index (κ1) is 22.9. The Labute approximate surface area is 208 Å². The Kier molecular flexibility index (Phi) is 6.61. The summed E-state index contributed by atoms with van der Waals surface area (Å²) in [6.45, 7) is 4.13. The molecule has 1 aromatic heterocycles. The highest BCUT2D eigenvalue weighted by Crippen LogP contribution is 2.32. The van der Waals surface area contributed by atoms with Crippen LogP contribution in [0.25, 0.3) is 0 Å². The number of thioether (sulfide) groups is 1. The van der Waals surface area contributed by atoms with Crippen molar-refractivity contribution >= 4 is 57.5 Å². The second-order valence-corrected chi connectivity index (χ2v) is 10.8. The van der Waals surface area contributed by atoms with Gasteiger partial charge in [0.1, 0.15) is 5.02 Å². The lowest BCUT2D eigenvalue weighted by Gasteiger charge is -2.17. The molecule has 2 unspecified atom stereocenters. The van der Waals surface area contributed by atoms with E-state index in [2.05, 4.69) is 56.1 Å². The number of aliphatic imine (C=N–C) groups is 1. The van der Waals surface area contributed by atoms with E-state index in [1.165, 1.54) is 5.57 Å². The molecule has 5 rings (SSSR count). The van der Waals surface area contributed by atoms with Gasteiger partial charge in [-0.2, -0.15) is 4.98 Å². The molecule has 0 fully saturated rings. The first-order valence-electron chi connectivity index (χ1n) is 11.5. The number of aromatic nitrogens is 2. The average Bonchev–Trinajstić information content (AvgIpc) is 3.12. The molecule has 6 bridgehead atoms. The fourth-order valence-electron chi connectivity index (χ4n) is 4.43. The van der Waals surface area contributed by atoms with Crippen LogP contribution in [0.3, 0.4) is 0 Å². The Morgan fingerprint density at radius 1 is 1.26 bits per heavy atom. The van der Waals surface area contributed by atoms with E-state index in [1.807, 2.05) is 19.1 Å². The second kappa shape index (κ2) is 9.80. The smallest absolute Gasteiger partial charge is 0.228 e. The number of anilines is 4. The molecule has 0 spiro atoms. The molecule has 0 saturated carbocycles. The first-order valence-corrected chi connectivity index (χ1v) is 12.8. The Morgan fingerprint density at radius 2 is 2.15 bits per heavy atom. The number of allylic oxidation sites excluding steroid dienone is 4. The summed E-state index contributed by atoms with van der Waals surface area (Å²) in [4.78, 5) is 26.4. The van der Waals surface area contributed by atoms with Crippen LogP contribution in [0.1, 0.15) is 45.1 Å². The van der Waals surface area contributed by atoms with E-state index in [1.54, 1.807) is 18.0 Å². The first-order chi connectivity index (χ1) is 16.4. The molecule has 2 aromatic rings. The van der Waals surface area contributed by atoms with Gasteiger partial charge < -0.3 is 16.0 Å². The maximum absolute atomic E-state index is 12.9. The summed E-state index contributed by atoms with van der Waals surface area (Å²) >= 11 is 8.10. The van der Waals surface area contributed by atoms with Gasteiger partial charge in [0, 0.05) is 22.3 Å². The summed E-state index contributed by atoms with van der Waals surface area (Å²) in [5.74, 6) is 1.04. The van der Waals surface area contributed by atoms with Crippen molar-refractivity contribution in [2.45, 2.75) is 57.2 Å². The molecule has 3 heterocycles. The largest absolute Gasteiger partial charge is 0.339 e. The van der Waals surface area contributed by atoms with Gasteiger partial charge in [0.15, 0.2) is 5.82 Å². The summed E-state index contributed by atoms with van der Waals surface area (Å²) < 4.78 is 0. The minimum atomic E-state index is -0.0115. The minimum absolute atomic E-state index is 0.0115. The Hall–Kier alpha value is -2.84. The van der Waals surface area contributed by atoms with Crippen molar-refractivity contribution in [3.8, 4) is 0 Å². The number of benzene rings is 1. The van der Waals surface area contributed by atoms with Crippen molar-refractivity contribution in [3.05, 3.63) is 58.4 Å². The third-order valence-corrected chi connectivity index (χ3v) is 7.57. The number of halogens is 1. The fraction of sp³-hybridized carbons (Fsp3) is 0.360. The molecule has 3 N–H and O–H groups in total. The molecule has 1 aliphatic carbocycles. The van der Waals surface area contributed by atoms with E-state index >= 15 is 0 Å². The zero-order valence-corrected chi connectivity index (χ0v) is 20.8. The number of nitrogens with zero attached hydrogens (tertiary/aromatic N) is 3. The minimum Gasteiger partial charge on any atom is -0.339 e. The van der Waals surface area contributed by atoms with Crippen LogP contribution in [0.4, 0.5) is 23.1 Å². The van der Waals surface area contributed by atoms with E-state index in [0.29, 0.717) is 28.5 Å². The van der Waals surface area contributed by atoms with E-state index in [9.17, 15) is 4.79 Å². The molecular formula is C25H27ClN6OS. The standard InChI is InChI=1S/C25H27ClN6OS/c1-14-22(28-15(2)34-14)12-23(33)31-21-9-8-19-11-17(21)7-6-16-4-3-5-18(10-16)30-25-27-13-20(26)24(29-19)32-25/h4,8-11,13-14,22H,3,5-7,12H2,1-2H3,(H,31,33)(H2,27,29,30,32). The summed E-state index contributed by atoms with van der Waals surface area (Å²) in [6.07, 6.45) is 9.98. The molecule has 3 aliphatic rings. The topological polar surface area (TPSA) is 91.3 Å². The molecule has 7 nitrogen and oxygen atoms in total. The van der Waals surface area contributed by atoms with Gasteiger partial charge in [0.2, 0.25) is 11.9 Å². The SMILES string of the molecule is CC1=NC(CC(=O)Nc2ccc3cc2CCC2=CCCC(=C2)Nc2ncc(Cl)c(n2)N3)C(C)S1. The zero-order valence-electron chi connectivity index (χ0n) is 19.2. The summed E-state index contributed by atoms with van der Waals surface area (Å²) in [7, 11) is 0. The van der Waals surface area contributed by atoms with E-state index in [0.717, 1.165) is 53.4 Å². The second-order valence-electron chi connectivity index (χ2n) is 8.79. The monoisotopic (exact) mass is 494 g/mol. The van der Waals surface area contributed by atoms with Crippen molar-refractivity contribution in [3.63, 3.8) is 0 Å². The lowest BCUT2D eigenvalue weighted by molar-refractivity contribution is -0.116. The van der Waals surface area contributed by atoms with Crippen LogP contribution in [0.5, 0.6) is 0 Å². The number of nitrogens with one attached hydrogen (secondary N) is 3. The average molecular weight is 495 g/mol. The Balaban J connectivity index is 1.43. The van der Waals surface area contributed by atoms with Crippen LogP contribution in [-0.4, -0.2) is 32.2 Å². The number of carbonyl (C=O) groups is 1. The number of carbonyl (C=O) groups excluding carboxylic acids is 1. The Bertz CT molecular complexity index is 1220. The highest BCUT2D eigenvalue weighted by atomic mass is 35.5. The van der Waals surface area contributed by atoms with E-state index < -0.39 is 0 Å². The number of fused-ring (bicyclic) bond motifs is 5. The van der Waals surface area contributed by atoms with Crippen LogP contribution < -0.4 is 16.0 Å². The van der Waals surface area contributed by atoms with Crippen LogP contribution in [0, 0.1) is 0 Å².